The number of alkyl carbamates (subject to hydrolysis) is 2. The lowest BCUT2D eigenvalue weighted by Crippen LogP contribution is -2.46. The molecule has 0 saturated carbocycles. The number of guanidine groups is 1. The second-order valence-corrected chi connectivity index (χ2v) is 8.27. The summed E-state index contributed by atoms with van der Waals surface area (Å²) in [6, 6.07) is -0.901. The maximum atomic E-state index is 12.5. The van der Waals surface area contributed by atoms with Gasteiger partial charge in [-0.1, -0.05) is 0 Å². The number of amides is 2. The molecule has 0 aliphatic rings. The van der Waals surface area contributed by atoms with Gasteiger partial charge in [-0.25, -0.2) is 14.4 Å². The third-order valence-corrected chi connectivity index (χ3v) is 3.02. The Kier molecular flexibility index (Phi) is 11.6. The predicted molar refractivity (Wildman–Crippen MR) is 111 cm³/mol. The Morgan fingerprint density at radius 3 is 2.07 bits per heavy atom. The predicted octanol–water partition coefficient (Wildman–Crippen LogP) is 2.25. The van der Waals surface area contributed by atoms with E-state index < -0.39 is 35.4 Å². The molecule has 1 atom stereocenters. The van der Waals surface area contributed by atoms with Crippen LogP contribution in [0.5, 0.6) is 0 Å². The average molecular weight is 433 g/mol. The Hall–Kier alpha value is -2.72. The van der Waals surface area contributed by atoms with Crippen molar-refractivity contribution in [2.75, 3.05) is 20.3 Å². The molecule has 0 unspecified atom stereocenters. The topological polar surface area (TPSA) is 137 Å². The molecule has 2 amide bonds. The zero-order valence-corrected chi connectivity index (χ0v) is 19.2. The van der Waals surface area contributed by atoms with E-state index in [0.717, 1.165) is 0 Å². The van der Waals surface area contributed by atoms with Crippen LogP contribution in [0, 0.1) is 0 Å². The van der Waals surface area contributed by atoms with Gasteiger partial charge in [0.05, 0.1) is 6.61 Å². The molecule has 0 saturated heterocycles. The van der Waals surface area contributed by atoms with Crippen LogP contribution >= 0.6 is 0 Å². The zero-order valence-electron chi connectivity index (χ0n) is 19.2. The van der Waals surface area contributed by atoms with Crippen LogP contribution in [0.2, 0.25) is 0 Å². The molecule has 11 heteroatoms. The molecule has 0 rings (SSSR count). The highest BCUT2D eigenvalue weighted by Gasteiger charge is 2.28. The second kappa shape index (κ2) is 12.8. The Labute approximate surface area is 178 Å². The highest BCUT2D eigenvalue weighted by Crippen LogP contribution is 2.12. The smallest absolute Gasteiger partial charge is 0.414 e. The lowest BCUT2D eigenvalue weighted by Gasteiger charge is -2.26. The third kappa shape index (κ3) is 14.3. The van der Waals surface area contributed by atoms with Gasteiger partial charge in [0.1, 0.15) is 24.4 Å². The van der Waals surface area contributed by atoms with E-state index in [0.29, 0.717) is 13.0 Å². The molecule has 0 fully saturated rings. The summed E-state index contributed by atoms with van der Waals surface area (Å²) in [6.07, 6.45) is -0.690. The zero-order chi connectivity index (χ0) is 23.4. The van der Waals surface area contributed by atoms with E-state index in [1.807, 2.05) is 0 Å². The first-order chi connectivity index (χ1) is 13.8. The number of rotatable bonds is 8. The van der Waals surface area contributed by atoms with Gasteiger partial charge in [-0.15, -0.1) is 0 Å². The monoisotopic (exact) mass is 432 g/mol. The minimum atomic E-state index is -0.901. The maximum Gasteiger partial charge on any atom is 0.414 e. The Bertz CT molecular complexity index is 595. The highest BCUT2D eigenvalue weighted by atomic mass is 16.6. The molecule has 0 aliphatic heterocycles. The number of nitrogens with one attached hydrogen (secondary N) is 3. The third-order valence-electron chi connectivity index (χ3n) is 3.02. The molecular formula is C19H36N4O7. The number of esters is 1. The SMILES string of the molecule is CCOC(=O)NC(=NOC)NCCC[C@H](NC(=O)OC(C)(C)C)C(=O)OC(C)(C)C. The summed E-state index contributed by atoms with van der Waals surface area (Å²) in [5.41, 5.74) is -1.40. The van der Waals surface area contributed by atoms with E-state index in [-0.39, 0.29) is 19.0 Å². The first-order valence-corrected chi connectivity index (χ1v) is 9.78. The molecule has 0 aliphatic carbocycles. The van der Waals surface area contributed by atoms with E-state index in [9.17, 15) is 14.4 Å². The van der Waals surface area contributed by atoms with Gasteiger partial charge in [-0.2, -0.15) is 0 Å². The standard InChI is InChI=1S/C19H36N4O7/c1-9-28-16(25)22-15(23-27-8)20-12-10-11-13(14(24)29-18(2,3)4)21-17(26)30-19(5,6)7/h13H,9-12H2,1-8H3,(H,21,26)(H2,20,22,23,25)/t13-/m0/s1. The fourth-order valence-corrected chi connectivity index (χ4v) is 2.04. The van der Waals surface area contributed by atoms with Crippen LogP contribution in [0.25, 0.3) is 0 Å². The molecule has 174 valence electrons. The number of carbonyl (C=O) groups is 3. The molecule has 3 N–H and O–H groups in total. The summed E-state index contributed by atoms with van der Waals surface area (Å²) in [6.45, 7) is 12.6. The van der Waals surface area contributed by atoms with Gasteiger partial charge in [0.15, 0.2) is 0 Å². The van der Waals surface area contributed by atoms with Gasteiger partial charge in [0, 0.05) is 6.54 Å². The van der Waals surface area contributed by atoms with Crippen LogP contribution in [0.15, 0.2) is 5.16 Å². The summed E-state index contributed by atoms with van der Waals surface area (Å²) in [5.74, 6) is -0.506. The normalized spacial score (nSPS) is 13.0. The first-order valence-electron chi connectivity index (χ1n) is 9.78. The molecule has 11 nitrogen and oxygen atoms in total. The molecule has 0 heterocycles. The van der Waals surface area contributed by atoms with E-state index in [1.54, 1.807) is 48.5 Å². The highest BCUT2D eigenvalue weighted by molar-refractivity contribution is 5.93. The van der Waals surface area contributed by atoms with Crippen LogP contribution in [0.3, 0.4) is 0 Å². The maximum absolute atomic E-state index is 12.5. The number of carbonyl (C=O) groups excluding carboxylic acids is 3. The fraction of sp³-hybridized carbons (Fsp3) is 0.789. The van der Waals surface area contributed by atoms with Gasteiger partial charge < -0.3 is 29.7 Å². The van der Waals surface area contributed by atoms with Crippen LogP contribution in [-0.2, 0) is 23.8 Å². The molecule has 0 spiro atoms. The van der Waals surface area contributed by atoms with Gasteiger partial charge in [0.2, 0.25) is 5.96 Å². The van der Waals surface area contributed by atoms with Crippen LogP contribution in [-0.4, -0.2) is 61.6 Å². The summed E-state index contributed by atoms with van der Waals surface area (Å²) in [5, 5.41) is 11.4. The Balaban J connectivity index is 4.86. The Morgan fingerprint density at radius 2 is 1.57 bits per heavy atom. The Morgan fingerprint density at radius 1 is 0.967 bits per heavy atom. The molecule has 0 aromatic heterocycles. The molecule has 0 bridgehead atoms. The van der Waals surface area contributed by atoms with Crippen LogP contribution in [0.4, 0.5) is 9.59 Å². The van der Waals surface area contributed by atoms with Gasteiger partial charge >= 0.3 is 18.2 Å². The quantitative estimate of drug-likeness (QED) is 0.133. The van der Waals surface area contributed by atoms with Gasteiger partial charge in [-0.05, 0) is 66.5 Å². The largest absolute Gasteiger partial charge is 0.458 e. The van der Waals surface area contributed by atoms with Crippen molar-refractivity contribution in [2.24, 2.45) is 5.16 Å². The van der Waals surface area contributed by atoms with Gasteiger partial charge in [-0.3, -0.25) is 5.32 Å². The van der Waals surface area contributed by atoms with Crippen molar-refractivity contribution in [1.82, 2.24) is 16.0 Å². The summed E-state index contributed by atoms with van der Waals surface area (Å²) >= 11 is 0. The van der Waals surface area contributed by atoms with E-state index in [2.05, 4.69) is 25.9 Å². The minimum Gasteiger partial charge on any atom is -0.458 e. The van der Waals surface area contributed by atoms with E-state index in [4.69, 9.17) is 14.2 Å². The number of nitrogens with zero attached hydrogens (tertiary/aromatic N) is 1. The van der Waals surface area contributed by atoms with Crippen molar-refractivity contribution in [1.29, 1.82) is 0 Å². The summed E-state index contributed by atoms with van der Waals surface area (Å²) in [7, 11) is 1.33. The first kappa shape index (κ1) is 27.3. The second-order valence-electron chi connectivity index (χ2n) is 8.27. The lowest BCUT2D eigenvalue weighted by molar-refractivity contribution is -0.157. The average Bonchev–Trinajstić information content (AvgIpc) is 2.54. The lowest BCUT2D eigenvalue weighted by atomic mass is 10.1. The van der Waals surface area contributed by atoms with E-state index in [1.165, 1.54) is 7.11 Å². The molecule has 0 aromatic carbocycles. The van der Waals surface area contributed by atoms with Crippen molar-refractivity contribution in [3.8, 4) is 0 Å². The van der Waals surface area contributed by atoms with Crippen LogP contribution < -0.4 is 16.0 Å². The van der Waals surface area contributed by atoms with Crippen molar-refractivity contribution in [2.45, 2.75) is 78.6 Å². The van der Waals surface area contributed by atoms with Gasteiger partial charge in [0.25, 0.3) is 0 Å². The van der Waals surface area contributed by atoms with E-state index >= 15 is 0 Å². The van der Waals surface area contributed by atoms with Crippen molar-refractivity contribution in [3.05, 3.63) is 0 Å². The fourth-order valence-electron chi connectivity index (χ4n) is 2.04. The molecule has 0 aromatic rings. The molecule has 0 radical (unpaired) electrons. The number of ether oxygens (including phenoxy) is 3. The van der Waals surface area contributed by atoms with Crippen molar-refractivity contribution >= 4 is 24.1 Å². The molecular weight excluding hydrogens is 396 g/mol. The summed E-state index contributed by atoms with van der Waals surface area (Å²) in [4.78, 5) is 40.7. The van der Waals surface area contributed by atoms with Crippen molar-refractivity contribution < 1.29 is 33.4 Å². The number of hydrogen-bond donors (Lipinski definition) is 3. The number of hydrogen-bond acceptors (Lipinski definition) is 8. The minimum absolute atomic E-state index is 0.0601. The molecule has 30 heavy (non-hydrogen) atoms. The van der Waals surface area contributed by atoms with Crippen LogP contribution in [0.1, 0.15) is 61.3 Å². The van der Waals surface area contributed by atoms with Crippen molar-refractivity contribution in [3.63, 3.8) is 0 Å². The number of oxime groups is 1. The summed E-state index contributed by atoms with van der Waals surface area (Å²) < 4.78 is 15.4.